The average molecular weight is 380 g/mol. The predicted octanol–water partition coefficient (Wildman–Crippen LogP) is 3.89. The lowest BCUT2D eigenvalue weighted by atomic mass is 9.95. The maximum Gasteiger partial charge on any atom is 0.319 e. The second-order valence-electron chi connectivity index (χ2n) is 6.39. The van der Waals surface area contributed by atoms with E-state index in [4.69, 9.17) is 10.5 Å². The summed E-state index contributed by atoms with van der Waals surface area (Å²) in [5.74, 6) is -0.578. The van der Waals surface area contributed by atoms with Crippen LogP contribution in [0.2, 0.25) is 0 Å². The molecule has 0 bridgehead atoms. The monoisotopic (exact) mass is 380 g/mol. The Morgan fingerprint density at radius 2 is 1.93 bits per heavy atom. The minimum absolute atomic E-state index is 0.0384. The normalized spacial score (nSPS) is 10.6. The van der Waals surface area contributed by atoms with E-state index in [1.165, 1.54) is 7.11 Å². The molecule has 0 aliphatic carbocycles. The van der Waals surface area contributed by atoms with Crippen molar-refractivity contribution in [1.29, 1.82) is 0 Å². The topological polar surface area (TPSA) is 102 Å². The van der Waals surface area contributed by atoms with Crippen molar-refractivity contribution in [2.24, 2.45) is 5.73 Å². The van der Waals surface area contributed by atoms with Crippen molar-refractivity contribution < 1.29 is 19.4 Å². The molecule has 146 valence electrons. The number of aromatic hydroxyl groups is 1. The molecule has 0 heterocycles. The van der Waals surface area contributed by atoms with Crippen LogP contribution in [-0.4, -0.2) is 24.2 Å². The molecule has 0 aliphatic heterocycles. The van der Waals surface area contributed by atoms with Gasteiger partial charge in [0.2, 0.25) is 0 Å². The Kier molecular flexibility index (Phi) is 6.98. The van der Waals surface area contributed by atoms with Crippen LogP contribution in [0.3, 0.4) is 0 Å². The van der Waals surface area contributed by atoms with Gasteiger partial charge in [-0.1, -0.05) is 48.1 Å². The number of ether oxygens (including phenoxy) is 1. The van der Waals surface area contributed by atoms with Crippen LogP contribution in [0.5, 0.6) is 11.5 Å². The minimum atomic E-state index is -0.998. The fourth-order valence-electron chi connectivity index (χ4n) is 2.76. The number of hydrogen-bond acceptors (Lipinski definition) is 4. The number of urea groups is 1. The van der Waals surface area contributed by atoms with Crippen molar-refractivity contribution in [2.45, 2.75) is 19.8 Å². The molecule has 2 aromatic rings. The number of nitrogens with two attached hydrogens (primary N) is 1. The van der Waals surface area contributed by atoms with Crippen LogP contribution in [0.25, 0.3) is 12.2 Å². The summed E-state index contributed by atoms with van der Waals surface area (Å²) in [4.78, 5) is 23.7. The van der Waals surface area contributed by atoms with E-state index in [0.29, 0.717) is 29.7 Å². The van der Waals surface area contributed by atoms with E-state index in [9.17, 15) is 14.7 Å². The molecule has 28 heavy (non-hydrogen) atoms. The van der Waals surface area contributed by atoms with Crippen molar-refractivity contribution in [1.82, 2.24) is 5.32 Å². The Labute approximate surface area is 164 Å². The highest BCUT2D eigenvalue weighted by molar-refractivity contribution is 6.08. The van der Waals surface area contributed by atoms with Crippen molar-refractivity contribution in [3.63, 3.8) is 0 Å². The first-order valence-electron chi connectivity index (χ1n) is 8.74. The summed E-state index contributed by atoms with van der Waals surface area (Å²) in [5.41, 5.74) is 7.75. The lowest BCUT2D eigenvalue weighted by molar-refractivity contribution is 0.0963. The molecular weight excluding hydrogens is 356 g/mol. The largest absolute Gasteiger partial charge is 0.507 e. The molecule has 6 heteroatoms. The second kappa shape index (κ2) is 9.41. The number of carbonyl (C=O) groups is 2. The number of nitrogens with one attached hydrogen (secondary N) is 1. The molecule has 0 aromatic heterocycles. The fraction of sp³-hybridized carbons (Fsp3) is 0.182. The fourth-order valence-corrected chi connectivity index (χ4v) is 2.76. The number of amides is 3. The number of phenolic OH excluding ortho intramolecular Hbond substituents is 1. The first kappa shape index (κ1) is 20.8. The van der Waals surface area contributed by atoms with E-state index in [-0.39, 0.29) is 11.3 Å². The average Bonchev–Trinajstić information content (AvgIpc) is 2.64. The molecule has 2 aromatic carbocycles. The van der Waals surface area contributed by atoms with Gasteiger partial charge in [0.25, 0.3) is 5.91 Å². The minimum Gasteiger partial charge on any atom is -0.507 e. The lowest BCUT2D eigenvalue weighted by Gasteiger charge is -2.16. The van der Waals surface area contributed by atoms with E-state index in [1.807, 2.05) is 42.6 Å². The van der Waals surface area contributed by atoms with E-state index in [2.05, 4.69) is 6.58 Å². The maximum atomic E-state index is 12.5. The van der Waals surface area contributed by atoms with Gasteiger partial charge in [-0.25, -0.2) is 4.79 Å². The van der Waals surface area contributed by atoms with Gasteiger partial charge in [0.15, 0.2) is 0 Å². The highest BCUT2D eigenvalue weighted by atomic mass is 16.5. The first-order valence-corrected chi connectivity index (χ1v) is 8.74. The molecular formula is C22H24N2O4. The van der Waals surface area contributed by atoms with Gasteiger partial charge in [-0.05, 0) is 37.0 Å². The molecule has 3 amide bonds. The summed E-state index contributed by atoms with van der Waals surface area (Å²) in [6.45, 7) is 5.73. The summed E-state index contributed by atoms with van der Waals surface area (Å²) < 4.78 is 5.42. The zero-order valence-corrected chi connectivity index (χ0v) is 16.0. The number of phenols is 1. The second-order valence-corrected chi connectivity index (χ2v) is 6.39. The van der Waals surface area contributed by atoms with Gasteiger partial charge in [-0.2, -0.15) is 0 Å². The summed E-state index contributed by atoms with van der Waals surface area (Å²) in [6.07, 6.45) is 4.52. The Morgan fingerprint density at radius 1 is 1.25 bits per heavy atom. The highest BCUT2D eigenvalue weighted by Gasteiger charge is 2.23. The van der Waals surface area contributed by atoms with Gasteiger partial charge >= 0.3 is 6.03 Å². The standard InChI is InChI=1S/C22H24N2O4/c1-14(2)9-12-17-18(28-3)13-16(11-10-15-7-5-4-6-8-15)19(20(17)25)21(26)24-22(23)27/h4-8,10-11,13,25H,1,9,12H2,2-3H3,(H3,23,24,26,27). The molecule has 0 saturated heterocycles. The molecule has 2 rings (SSSR count). The van der Waals surface area contributed by atoms with Crippen molar-refractivity contribution in [2.75, 3.05) is 7.11 Å². The zero-order valence-electron chi connectivity index (χ0n) is 16.0. The Hall–Kier alpha value is -3.54. The number of primary amides is 1. The zero-order chi connectivity index (χ0) is 20.7. The Balaban J connectivity index is 2.59. The molecule has 0 spiro atoms. The van der Waals surface area contributed by atoms with Gasteiger partial charge in [0.1, 0.15) is 11.5 Å². The Morgan fingerprint density at radius 3 is 2.50 bits per heavy atom. The van der Waals surface area contributed by atoms with Gasteiger partial charge in [-0.15, -0.1) is 6.58 Å². The van der Waals surface area contributed by atoms with E-state index >= 15 is 0 Å². The molecule has 0 fully saturated rings. The smallest absolute Gasteiger partial charge is 0.319 e. The van der Waals surface area contributed by atoms with E-state index in [1.54, 1.807) is 18.2 Å². The third kappa shape index (κ3) is 5.23. The SMILES string of the molecule is C=C(C)CCc1c(OC)cc(C=Cc2ccccc2)c(C(=O)NC(N)=O)c1O. The molecule has 6 nitrogen and oxygen atoms in total. The van der Waals surface area contributed by atoms with Crippen LogP contribution in [0, 0.1) is 0 Å². The molecule has 0 saturated carbocycles. The number of methoxy groups -OCH3 is 1. The van der Waals surface area contributed by atoms with Crippen molar-refractivity contribution >= 4 is 24.1 Å². The summed E-state index contributed by atoms with van der Waals surface area (Å²) in [7, 11) is 1.49. The van der Waals surface area contributed by atoms with E-state index in [0.717, 1.165) is 11.1 Å². The summed E-state index contributed by atoms with van der Waals surface area (Å²) >= 11 is 0. The van der Waals surface area contributed by atoms with Crippen LogP contribution >= 0.6 is 0 Å². The third-order valence-electron chi connectivity index (χ3n) is 4.14. The first-order chi connectivity index (χ1) is 13.3. The van der Waals surface area contributed by atoms with Crippen LogP contribution in [0.1, 0.15) is 40.4 Å². The van der Waals surface area contributed by atoms with Crippen molar-refractivity contribution in [3.05, 3.63) is 70.8 Å². The van der Waals surface area contributed by atoms with Gasteiger partial charge in [-0.3, -0.25) is 10.1 Å². The summed E-state index contributed by atoms with van der Waals surface area (Å²) in [6, 6.07) is 10.1. The van der Waals surface area contributed by atoms with Gasteiger partial charge in [0.05, 0.1) is 12.7 Å². The highest BCUT2D eigenvalue weighted by Crippen LogP contribution is 2.36. The number of rotatable bonds is 7. The number of carbonyl (C=O) groups excluding carboxylic acids is 2. The molecule has 0 aliphatic rings. The van der Waals surface area contributed by atoms with Crippen LogP contribution in [0.15, 0.2) is 48.6 Å². The van der Waals surface area contributed by atoms with Crippen LogP contribution < -0.4 is 15.8 Å². The summed E-state index contributed by atoms with van der Waals surface area (Å²) in [5, 5.41) is 12.8. The number of allylic oxidation sites excluding steroid dienone is 1. The van der Waals surface area contributed by atoms with Crippen LogP contribution in [-0.2, 0) is 6.42 Å². The third-order valence-corrected chi connectivity index (χ3v) is 4.14. The molecule has 4 N–H and O–H groups in total. The van der Waals surface area contributed by atoms with Gasteiger partial charge in [0, 0.05) is 5.56 Å². The predicted molar refractivity (Wildman–Crippen MR) is 110 cm³/mol. The number of imide groups is 1. The molecule has 0 radical (unpaired) electrons. The number of hydrogen-bond donors (Lipinski definition) is 3. The molecule has 0 unspecified atom stereocenters. The maximum absolute atomic E-state index is 12.5. The molecule has 0 atom stereocenters. The van der Waals surface area contributed by atoms with Crippen molar-refractivity contribution in [3.8, 4) is 11.5 Å². The number of benzene rings is 2. The quantitative estimate of drug-likeness (QED) is 0.501. The van der Waals surface area contributed by atoms with Crippen LogP contribution in [0.4, 0.5) is 4.79 Å². The van der Waals surface area contributed by atoms with Gasteiger partial charge < -0.3 is 15.6 Å². The Bertz CT molecular complexity index is 918. The lowest BCUT2D eigenvalue weighted by Crippen LogP contribution is -2.35. The van der Waals surface area contributed by atoms with E-state index < -0.39 is 11.9 Å².